The van der Waals surface area contributed by atoms with Gasteiger partial charge in [0.1, 0.15) is 11.9 Å². The summed E-state index contributed by atoms with van der Waals surface area (Å²) in [6.07, 6.45) is 0.259. The van der Waals surface area contributed by atoms with Gasteiger partial charge in [-0.15, -0.1) is 0 Å². The number of amides is 1. The van der Waals surface area contributed by atoms with Crippen LogP contribution in [0.1, 0.15) is 17.3 Å². The van der Waals surface area contributed by atoms with Gasteiger partial charge in [-0.25, -0.2) is 0 Å². The van der Waals surface area contributed by atoms with Crippen molar-refractivity contribution in [1.82, 2.24) is 10.2 Å². The monoisotopic (exact) mass is 234 g/mol. The van der Waals surface area contributed by atoms with Gasteiger partial charge >= 0.3 is 0 Å². The van der Waals surface area contributed by atoms with Gasteiger partial charge in [0.05, 0.1) is 0 Å². The molecule has 0 aliphatic carbocycles. The van der Waals surface area contributed by atoms with E-state index in [9.17, 15) is 4.79 Å². The van der Waals surface area contributed by atoms with E-state index < -0.39 is 0 Å². The molecule has 1 amide bonds. The second-order valence-electron chi connectivity index (χ2n) is 4.20. The molecule has 0 radical (unpaired) electrons. The van der Waals surface area contributed by atoms with Crippen molar-refractivity contribution < 1.29 is 9.53 Å². The van der Waals surface area contributed by atoms with E-state index in [4.69, 9.17) is 4.74 Å². The number of nitrogens with zero attached hydrogens (tertiary/aromatic N) is 1. The summed E-state index contributed by atoms with van der Waals surface area (Å²) in [5.74, 6) is 0.686. The normalized spacial score (nSPS) is 16.4. The fraction of sp³-hybridized carbons (Fsp3) is 0.462. The van der Waals surface area contributed by atoms with E-state index in [2.05, 4.69) is 17.1 Å². The Morgan fingerprint density at radius 2 is 2.29 bits per heavy atom. The first-order valence-electron chi connectivity index (χ1n) is 5.94. The van der Waals surface area contributed by atoms with Crippen molar-refractivity contribution in [1.29, 1.82) is 0 Å². The third-order valence-corrected chi connectivity index (χ3v) is 3.00. The van der Waals surface area contributed by atoms with Crippen LogP contribution < -0.4 is 10.1 Å². The third kappa shape index (κ3) is 2.77. The first-order chi connectivity index (χ1) is 8.22. The van der Waals surface area contributed by atoms with Gasteiger partial charge in [0, 0.05) is 25.7 Å². The van der Waals surface area contributed by atoms with Crippen LogP contribution >= 0.6 is 0 Å². The maximum Gasteiger partial charge on any atom is 0.251 e. The van der Waals surface area contributed by atoms with Crippen molar-refractivity contribution in [3.8, 4) is 5.75 Å². The summed E-state index contributed by atoms with van der Waals surface area (Å²) in [5.41, 5.74) is 0.636. The SMILES string of the molecule is CCN1CC(Oc2cccc(C(=O)NC)c2)C1. The summed E-state index contributed by atoms with van der Waals surface area (Å²) < 4.78 is 5.80. The molecular weight excluding hydrogens is 216 g/mol. The second kappa shape index (κ2) is 5.19. The lowest BCUT2D eigenvalue weighted by atomic mass is 10.1. The highest BCUT2D eigenvalue weighted by molar-refractivity contribution is 5.94. The molecule has 17 heavy (non-hydrogen) atoms. The van der Waals surface area contributed by atoms with Gasteiger partial charge in [0.25, 0.3) is 5.91 Å². The Hall–Kier alpha value is -1.55. The van der Waals surface area contributed by atoms with Crippen LogP contribution in [0.2, 0.25) is 0 Å². The first kappa shape index (κ1) is 11.9. The fourth-order valence-electron chi connectivity index (χ4n) is 1.90. The van der Waals surface area contributed by atoms with Gasteiger partial charge in [-0.1, -0.05) is 13.0 Å². The van der Waals surface area contributed by atoms with Crippen LogP contribution in [0.4, 0.5) is 0 Å². The van der Waals surface area contributed by atoms with Gasteiger partial charge in [-0.2, -0.15) is 0 Å². The molecule has 0 saturated carbocycles. The molecule has 0 unspecified atom stereocenters. The number of hydrogen-bond donors (Lipinski definition) is 1. The Bertz CT molecular complexity index is 400. The average Bonchev–Trinajstić information content (AvgIpc) is 2.32. The molecule has 1 N–H and O–H groups in total. The fourth-order valence-corrected chi connectivity index (χ4v) is 1.90. The zero-order chi connectivity index (χ0) is 12.3. The summed E-state index contributed by atoms with van der Waals surface area (Å²) in [6.45, 7) is 5.15. The first-order valence-corrected chi connectivity index (χ1v) is 5.94. The van der Waals surface area contributed by atoms with E-state index in [1.54, 1.807) is 19.2 Å². The van der Waals surface area contributed by atoms with Gasteiger partial charge in [0.2, 0.25) is 0 Å². The average molecular weight is 234 g/mol. The molecule has 1 aromatic rings. The lowest BCUT2D eigenvalue weighted by molar-refractivity contribution is 0.0238. The van der Waals surface area contributed by atoms with Crippen molar-refractivity contribution in [3.63, 3.8) is 0 Å². The Morgan fingerprint density at radius 1 is 1.53 bits per heavy atom. The van der Waals surface area contributed by atoms with E-state index >= 15 is 0 Å². The molecule has 1 aromatic carbocycles. The molecular formula is C13H18N2O2. The van der Waals surface area contributed by atoms with E-state index in [1.165, 1.54) is 0 Å². The molecule has 4 nitrogen and oxygen atoms in total. The predicted octanol–water partition coefficient (Wildman–Crippen LogP) is 1.13. The molecule has 1 fully saturated rings. The number of likely N-dealkylation sites (N-methyl/N-ethyl adjacent to an activating group) is 1. The molecule has 1 aliphatic rings. The van der Waals surface area contributed by atoms with Gasteiger partial charge in [-0.05, 0) is 24.7 Å². The smallest absolute Gasteiger partial charge is 0.251 e. The number of carbonyl (C=O) groups is 1. The van der Waals surface area contributed by atoms with Crippen LogP contribution in [0.5, 0.6) is 5.75 Å². The highest BCUT2D eigenvalue weighted by Crippen LogP contribution is 2.19. The Morgan fingerprint density at radius 3 is 2.94 bits per heavy atom. The topological polar surface area (TPSA) is 41.6 Å². The Kier molecular flexibility index (Phi) is 3.64. The minimum absolute atomic E-state index is 0.0840. The molecule has 4 heteroatoms. The molecule has 1 saturated heterocycles. The highest BCUT2D eigenvalue weighted by Gasteiger charge is 2.26. The zero-order valence-corrected chi connectivity index (χ0v) is 10.3. The van der Waals surface area contributed by atoms with Gasteiger partial charge in [-0.3, -0.25) is 9.69 Å². The van der Waals surface area contributed by atoms with Gasteiger partial charge < -0.3 is 10.1 Å². The highest BCUT2D eigenvalue weighted by atomic mass is 16.5. The molecule has 92 valence electrons. The largest absolute Gasteiger partial charge is 0.488 e. The summed E-state index contributed by atoms with van der Waals surface area (Å²) in [6, 6.07) is 7.30. The van der Waals surface area contributed by atoms with Crippen molar-refractivity contribution in [3.05, 3.63) is 29.8 Å². The van der Waals surface area contributed by atoms with Crippen molar-refractivity contribution >= 4 is 5.91 Å². The Labute approximate surface area is 102 Å². The standard InChI is InChI=1S/C13H18N2O2/c1-3-15-8-12(9-15)17-11-6-4-5-10(7-11)13(16)14-2/h4-7,12H,3,8-9H2,1-2H3,(H,14,16). The number of benzene rings is 1. The van der Waals surface area contributed by atoms with Gasteiger partial charge in [0.15, 0.2) is 0 Å². The molecule has 1 heterocycles. The van der Waals surface area contributed by atoms with E-state index in [1.807, 2.05) is 12.1 Å². The van der Waals surface area contributed by atoms with Crippen LogP contribution in [-0.4, -0.2) is 43.6 Å². The molecule has 0 aromatic heterocycles. The number of nitrogens with one attached hydrogen (secondary N) is 1. The van der Waals surface area contributed by atoms with Crippen molar-refractivity contribution in [2.24, 2.45) is 0 Å². The van der Waals surface area contributed by atoms with Crippen LogP contribution in [0.25, 0.3) is 0 Å². The number of ether oxygens (including phenoxy) is 1. The van der Waals surface area contributed by atoms with Crippen molar-refractivity contribution in [2.45, 2.75) is 13.0 Å². The van der Waals surface area contributed by atoms with E-state index in [0.717, 1.165) is 25.4 Å². The molecule has 2 rings (SSSR count). The number of rotatable bonds is 4. The Balaban J connectivity index is 1.95. The zero-order valence-electron chi connectivity index (χ0n) is 10.3. The molecule has 0 atom stereocenters. The predicted molar refractivity (Wildman–Crippen MR) is 66.4 cm³/mol. The molecule has 1 aliphatic heterocycles. The minimum Gasteiger partial charge on any atom is -0.488 e. The lowest BCUT2D eigenvalue weighted by Crippen LogP contribution is -2.53. The maximum absolute atomic E-state index is 11.5. The number of carbonyl (C=O) groups excluding carboxylic acids is 1. The molecule has 0 spiro atoms. The van der Waals surface area contributed by atoms with Crippen LogP contribution in [0.3, 0.4) is 0 Å². The number of hydrogen-bond acceptors (Lipinski definition) is 3. The summed E-state index contributed by atoms with van der Waals surface area (Å²) in [4.78, 5) is 13.8. The summed E-state index contributed by atoms with van der Waals surface area (Å²) in [5, 5.41) is 2.60. The second-order valence-corrected chi connectivity index (χ2v) is 4.20. The summed E-state index contributed by atoms with van der Waals surface area (Å²) in [7, 11) is 1.63. The number of likely N-dealkylation sites (tertiary alicyclic amines) is 1. The van der Waals surface area contributed by atoms with Crippen LogP contribution in [0, 0.1) is 0 Å². The van der Waals surface area contributed by atoms with Crippen molar-refractivity contribution in [2.75, 3.05) is 26.7 Å². The lowest BCUT2D eigenvalue weighted by Gasteiger charge is -2.38. The minimum atomic E-state index is -0.0840. The van der Waals surface area contributed by atoms with Crippen LogP contribution in [-0.2, 0) is 0 Å². The third-order valence-electron chi connectivity index (χ3n) is 3.00. The van der Waals surface area contributed by atoms with E-state index in [0.29, 0.717) is 5.56 Å². The summed E-state index contributed by atoms with van der Waals surface area (Å²) >= 11 is 0. The quantitative estimate of drug-likeness (QED) is 0.849. The maximum atomic E-state index is 11.5. The molecule has 0 bridgehead atoms. The van der Waals surface area contributed by atoms with E-state index in [-0.39, 0.29) is 12.0 Å². The van der Waals surface area contributed by atoms with Crippen LogP contribution in [0.15, 0.2) is 24.3 Å².